The monoisotopic (exact) mass is 393 g/mol. The Bertz CT molecular complexity index is 777. The molecule has 146 valence electrons. The second kappa shape index (κ2) is 7.92. The van der Waals surface area contributed by atoms with Gasteiger partial charge >= 0.3 is 13.5 Å². The molecular weight excluding hydrogens is 373 g/mol. The Morgan fingerprint density at radius 3 is 2.62 bits per heavy atom. The molecule has 0 bridgehead atoms. The number of anilines is 1. The number of nitrogens with zero attached hydrogens (tertiary/aromatic N) is 2. The molecule has 1 fully saturated rings. The van der Waals surface area contributed by atoms with Gasteiger partial charge in [0.05, 0.1) is 6.61 Å². The molecule has 2 heterocycles. The molecule has 0 aliphatic carbocycles. The van der Waals surface area contributed by atoms with E-state index >= 15 is 0 Å². The third kappa shape index (κ3) is 4.74. The number of hydrogen-bond acceptors (Lipinski definition) is 8. The number of aliphatic hydroxyl groups is 2. The highest BCUT2D eigenvalue weighted by molar-refractivity contribution is 7.46. The van der Waals surface area contributed by atoms with Gasteiger partial charge in [0.2, 0.25) is 5.91 Å². The number of ether oxygens (including phenoxy) is 1. The fraction of sp³-hybridized carbons (Fsp3) is 0.615. The summed E-state index contributed by atoms with van der Waals surface area (Å²) >= 11 is 0. The molecule has 0 spiro atoms. The molecule has 1 aromatic rings. The summed E-state index contributed by atoms with van der Waals surface area (Å²) in [5.74, 6) is -0.331. The highest BCUT2D eigenvalue weighted by Crippen LogP contribution is 2.38. The molecule has 26 heavy (non-hydrogen) atoms. The van der Waals surface area contributed by atoms with Crippen molar-refractivity contribution in [1.82, 2.24) is 9.55 Å². The van der Waals surface area contributed by atoms with Crippen LogP contribution in [0.5, 0.6) is 0 Å². The largest absolute Gasteiger partial charge is 0.469 e. The van der Waals surface area contributed by atoms with Gasteiger partial charge in [-0.25, -0.2) is 9.36 Å². The van der Waals surface area contributed by atoms with Crippen molar-refractivity contribution in [1.29, 1.82) is 0 Å². The van der Waals surface area contributed by atoms with Crippen molar-refractivity contribution in [3.05, 3.63) is 22.2 Å². The third-order valence-electron chi connectivity index (χ3n) is 3.72. The minimum absolute atomic E-state index is 0.0793. The van der Waals surface area contributed by atoms with Crippen LogP contribution in [0.2, 0.25) is 0 Å². The first-order valence-electron chi connectivity index (χ1n) is 7.64. The molecule has 1 aromatic heterocycles. The van der Waals surface area contributed by atoms with Crippen molar-refractivity contribution in [2.75, 3.05) is 11.9 Å². The number of nitrogens with one attached hydrogen (secondary N) is 1. The van der Waals surface area contributed by atoms with E-state index in [1.54, 1.807) is 6.92 Å². The number of aliphatic hydroxyl groups excluding tert-OH is 2. The molecule has 4 atom stereocenters. The van der Waals surface area contributed by atoms with Crippen LogP contribution in [0.3, 0.4) is 0 Å². The Kier molecular flexibility index (Phi) is 6.29. The zero-order valence-electron chi connectivity index (χ0n) is 14.0. The van der Waals surface area contributed by atoms with E-state index in [1.165, 1.54) is 13.1 Å². The summed E-state index contributed by atoms with van der Waals surface area (Å²) in [6.45, 7) is 2.33. The van der Waals surface area contributed by atoms with Gasteiger partial charge in [-0.2, -0.15) is 4.98 Å². The molecule has 1 saturated heterocycles. The van der Waals surface area contributed by atoms with Crippen LogP contribution < -0.4 is 11.0 Å². The van der Waals surface area contributed by atoms with Gasteiger partial charge in [0.15, 0.2) is 6.23 Å². The van der Waals surface area contributed by atoms with Gasteiger partial charge in [0.25, 0.3) is 0 Å². The predicted octanol–water partition coefficient (Wildman–Crippen LogP) is -1.51. The lowest BCUT2D eigenvalue weighted by Crippen LogP contribution is -2.36. The van der Waals surface area contributed by atoms with Crippen LogP contribution >= 0.6 is 7.82 Å². The lowest BCUT2D eigenvalue weighted by atomic mass is 10.1. The standard InChI is InChI=1S/C13H20N3O9P/c1-3-7-4-16(13(20)15-11(7)14-6(2)17)12-10(19)9(18)8(25-12)5-24-26(21,22)23/h4,8-10,12,18-19H,3,5H2,1-2H3,(H2,21,22,23)(H,14,15,17,20)/t8-,9?,10-,12-/m1/s1. The lowest BCUT2D eigenvalue weighted by Gasteiger charge is -2.19. The van der Waals surface area contributed by atoms with Crippen molar-refractivity contribution in [3.8, 4) is 0 Å². The first kappa shape index (κ1) is 20.6. The SMILES string of the molecule is CCc1cn([C@@H]2O[C@H](COP(=O)(O)O)C(O)[C@H]2O)c(=O)nc1NC(C)=O. The molecule has 1 amide bonds. The first-order valence-corrected chi connectivity index (χ1v) is 9.17. The highest BCUT2D eigenvalue weighted by atomic mass is 31.2. The normalized spacial score (nSPS) is 26.1. The number of phosphoric acid groups is 1. The Morgan fingerprint density at radius 2 is 2.08 bits per heavy atom. The Hall–Kier alpha value is -1.66. The molecule has 1 aliphatic rings. The van der Waals surface area contributed by atoms with E-state index in [9.17, 15) is 24.4 Å². The maximum Gasteiger partial charge on any atom is 0.469 e. The van der Waals surface area contributed by atoms with Gasteiger partial charge in [-0.05, 0) is 6.42 Å². The number of carbonyl (C=O) groups is 1. The number of phosphoric ester groups is 1. The number of aryl methyl sites for hydroxylation is 1. The van der Waals surface area contributed by atoms with Crippen molar-refractivity contribution < 1.29 is 38.6 Å². The van der Waals surface area contributed by atoms with Crippen LogP contribution in [0.25, 0.3) is 0 Å². The predicted molar refractivity (Wildman–Crippen MR) is 86.1 cm³/mol. The molecular formula is C13H20N3O9P. The zero-order valence-corrected chi connectivity index (χ0v) is 14.9. The Morgan fingerprint density at radius 1 is 1.42 bits per heavy atom. The summed E-state index contributed by atoms with van der Waals surface area (Å²) in [7, 11) is -4.79. The van der Waals surface area contributed by atoms with Crippen LogP contribution in [-0.2, 0) is 25.0 Å². The van der Waals surface area contributed by atoms with Crippen molar-refractivity contribution >= 4 is 19.5 Å². The van der Waals surface area contributed by atoms with Crippen molar-refractivity contribution in [2.24, 2.45) is 0 Å². The van der Waals surface area contributed by atoms with Crippen LogP contribution in [-0.4, -0.2) is 60.4 Å². The molecule has 12 nitrogen and oxygen atoms in total. The average Bonchev–Trinajstić information content (AvgIpc) is 2.80. The first-order chi connectivity index (χ1) is 12.0. The molecule has 13 heteroatoms. The summed E-state index contributed by atoms with van der Waals surface area (Å²) in [5, 5.41) is 22.5. The number of rotatable bonds is 6. The topological polar surface area (TPSA) is 180 Å². The summed E-state index contributed by atoms with van der Waals surface area (Å²) < 4.78 is 21.3. The fourth-order valence-corrected chi connectivity index (χ4v) is 2.83. The van der Waals surface area contributed by atoms with E-state index < -0.39 is 50.6 Å². The van der Waals surface area contributed by atoms with Crippen LogP contribution in [0.1, 0.15) is 25.6 Å². The maximum absolute atomic E-state index is 12.2. The van der Waals surface area contributed by atoms with E-state index in [-0.39, 0.29) is 5.82 Å². The lowest BCUT2D eigenvalue weighted by molar-refractivity contribution is -0.114. The second-order valence-corrected chi connectivity index (χ2v) is 6.91. The average molecular weight is 393 g/mol. The Balaban J connectivity index is 2.28. The third-order valence-corrected chi connectivity index (χ3v) is 4.21. The summed E-state index contributed by atoms with van der Waals surface area (Å²) in [4.78, 5) is 44.6. The van der Waals surface area contributed by atoms with Gasteiger partial charge in [-0.3, -0.25) is 13.9 Å². The summed E-state index contributed by atoms with van der Waals surface area (Å²) in [6, 6.07) is 0. The van der Waals surface area contributed by atoms with Gasteiger partial charge in [0, 0.05) is 18.7 Å². The number of aromatic nitrogens is 2. The fourth-order valence-electron chi connectivity index (χ4n) is 2.49. The van der Waals surface area contributed by atoms with Gasteiger partial charge in [-0.1, -0.05) is 6.92 Å². The molecule has 1 unspecified atom stereocenters. The highest BCUT2D eigenvalue weighted by Gasteiger charge is 2.45. The van der Waals surface area contributed by atoms with Crippen molar-refractivity contribution in [2.45, 2.75) is 44.8 Å². The zero-order chi connectivity index (χ0) is 19.6. The molecule has 5 N–H and O–H groups in total. The van der Waals surface area contributed by atoms with Crippen molar-refractivity contribution in [3.63, 3.8) is 0 Å². The summed E-state index contributed by atoms with van der Waals surface area (Å²) in [5.41, 5.74) is -0.362. The summed E-state index contributed by atoms with van der Waals surface area (Å²) in [6.07, 6.45) is -3.98. The maximum atomic E-state index is 12.2. The van der Waals surface area contributed by atoms with Gasteiger partial charge in [0.1, 0.15) is 24.1 Å². The van der Waals surface area contributed by atoms with Gasteiger partial charge < -0.3 is 30.1 Å². The van der Waals surface area contributed by atoms with E-state index in [2.05, 4.69) is 14.8 Å². The second-order valence-electron chi connectivity index (χ2n) is 5.67. The minimum Gasteiger partial charge on any atom is -0.387 e. The van der Waals surface area contributed by atoms with E-state index in [0.29, 0.717) is 12.0 Å². The molecule has 2 rings (SSSR count). The molecule has 0 aromatic carbocycles. The number of carbonyl (C=O) groups excluding carboxylic acids is 1. The van der Waals surface area contributed by atoms with Gasteiger partial charge in [-0.15, -0.1) is 0 Å². The minimum atomic E-state index is -4.79. The number of amides is 1. The smallest absolute Gasteiger partial charge is 0.387 e. The van der Waals surface area contributed by atoms with Crippen LogP contribution in [0.15, 0.2) is 11.0 Å². The van der Waals surface area contributed by atoms with E-state index in [0.717, 1.165) is 4.57 Å². The molecule has 0 saturated carbocycles. The number of hydrogen-bond donors (Lipinski definition) is 5. The van der Waals surface area contributed by atoms with E-state index in [4.69, 9.17) is 14.5 Å². The van der Waals surface area contributed by atoms with Crippen LogP contribution in [0, 0.1) is 0 Å². The quantitative estimate of drug-likeness (QED) is 0.357. The Labute approximate surface area is 147 Å². The van der Waals surface area contributed by atoms with Crippen LogP contribution in [0.4, 0.5) is 5.82 Å². The molecule has 1 aliphatic heterocycles. The van der Waals surface area contributed by atoms with E-state index in [1.807, 2.05) is 0 Å². The molecule has 0 radical (unpaired) electrons.